The van der Waals surface area contributed by atoms with Crippen LogP contribution >= 0.6 is 0 Å². The van der Waals surface area contributed by atoms with Crippen LogP contribution in [-0.4, -0.2) is 47.8 Å². The van der Waals surface area contributed by atoms with Gasteiger partial charge in [-0.2, -0.15) is 0 Å². The van der Waals surface area contributed by atoms with Crippen molar-refractivity contribution in [1.82, 2.24) is 10.2 Å². The average Bonchev–Trinajstić information content (AvgIpc) is 2.91. The first-order chi connectivity index (χ1) is 8.33. The van der Waals surface area contributed by atoms with Crippen LogP contribution in [0, 0.1) is 5.92 Å². The Morgan fingerprint density at radius 3 is 2.65 bits per heavy atom. The van der Waals surface area contributed by atoms with Crippen molar-refractivity contribution in [2.24, 2.45) is 5.92 Å². The van der Waals surface area contributed by atoms with Gasteiger partial charge in [0.05, 0.1) is 6.10 Å². The summed E-state index contributed by atoms with van der Waals surface area (Å²) in [5.74, 6) is 0.814. The standard InChI is InChI=1S/C14H26N2O/c17-12-5-3-11(4-6-12)10-15-13-7-9-16-8-1-2-14(13)16/h11-15,17H,1-10H2. The molecule has 1 aliphatic carbocycles. The Bertz CT molecular complexity index is 251. The fourth-order valence-corrected chi connectivity index (χ4v) is 3.99. The first-order valence-corrected chi connectivity index (χ1v) is 7.48. The van der Waals surface area contributed by atoms with Crippen LogP contribution in [0.3, 0.4) is 0 Å². The van der Waals surface area contributed by atoms with Gasteiger partial charge in [0.25, 0.3) is 0 Å². The first-order valence-electron chi connectivity index (χ1n) is 7.48. The molecule has 0 aromatic carbocycles. The zero-order chi connectivity index (χ0) is 11.7. The highest BCUT2D eigenvalue weighted by Gasteiger charge is 2.36. The average molecular weight is 238 g/mol. The summed E-state index contributed by atoms with van der Waals surface area (Å²) in [5, 5.41) is 13.3. The molecule has 0 amide bonds. The second-order valence-corrected chi connectivity index (χ2v) is 6.22. The normalized spacial score (nSPS) is 42.9. The molecule has 3 nitrogen and oxygen atoms in total. The van der Waals surface area contributed by atoms with Crippen molar-refractivity contribution in [3.63, 3.8) is 0 Å². The summed E-state index contributed by atoms with van der Waals surface area (Å²) in [6, 6.07) is 1.59. The highest BCUT2D eigenvalue weighted by molar-refractivity contribution is 4.95. The minimum Gasteiger partial charge on any atom is -0.393 e. The molecule has 2 heterocycles. The van der Waals surface area contributed by atoms with Crippen LogP contribution in [0.5, 0.6) is 0 Å². The van der Waals surface area contributed by atoms with E-state index < -0.39 is 0 Å². The smallest absolute Gasteiger partial charge is 0.0540 e. The molecule has 0 aromatic heterocycles. The molecule has 98 valence electrons. The Morgan fingerprint density at radius 2 is 1.82 bits per heavy atom. The van der Waals surface area contributed by atoms with Gasteiger partial charge in [0.15, 0.2) is 0 Å². The van der Waals surface area contributed by atoms with Gasteiger partial charge in [-0.25, -0.2) is 0 Å². The van der Waals surface area contributed by atoms with Crippen molar-refractivity contribution < 1.29 is 5.11 Å². The maximum atomic E-state index is 9.50. The van der Waals surface area contributed by atoms with Gasteiger partial charge in [0.1, 0.15) is 0 Å². The number of nitrogens with one attached hydrogen (secondary N) is 1. The molecular weight excluding hydrogens is 212 g/mol. The van der Waals surface area contributed by atoms with E-state index in [0.717, 1.165) is 30.8 Å². The molecule has 3 heteroatoms. The minimum atomic E-state index is -0.0111. The summed E-state index contributed by atoms with van der Waals surface area (Å²) in [6.07, 6.45) is 8.62. The van der Waals surface area contributed by atoms with Gasteiger partial charge < -0.3 is 10.4 Å². The zero-order valence-corrected chi connectivity index (χ0v) is 10.8. The van der Waals surface area contributed by atoms with Crippen molar-refractivity contribution in [1.29, 1.82) is 0 Å². The number of rotatable bonds is 3. The lowest BCUT2D eigenvalue weighted by molar-refractivity contribution is 0.107. The Morgan fingerprint density at radius 1 is 1.00 bits per heavy atom. The predicted molar refractivity (Wildman–Crippen MR) is 69.0 cm³/mol. The third-order valence-electron chi connectivity index (χ3n) is 5.09. The van der Waals surface area contributed by atoms with E-state index >= 15 is 0 Å². The largest absolute Gasteiger partial charge is 0.393 e. The number of hydrogen-bond donors (Lipinski definition) is 2. The summed E-state index contributed by atoms with van der Waals surface area (Å²) < 4.78 is 0. The van der Waals surface area contributed by atoms with Crippen LogP contribution < -0.4 is 5.32 Å². The third-order valence-corrected chi connectivity index (χ3v) is 5.09. The van der Waals surface area contributed by atoms with E-state index in [1.165, 1.54) is 51.7 Å². The Balaban J connectivity index is 1.42. The molecule has 0 radical (unpaired) electrons. The number of fused-ring (bicyclic) bond motifs is 1. The highest BCUT2D eigenvalue weighted by atomic mass is 16.3. The van der Waals surface area contributed by atoms with Gasteiger partial charge >= 0.3 is 0 Å². The molecule has 2 N–H and O–H groups in total. The van der Waals surface area contributed by atoms with E-state index in [1.54, 1.807) is 0 Å². The summed E-state index contributed by atoms with van der Waals surface area (Å²) in [5.41, 5.74) is 0. The van der Waals surface area contributed by atoms with Crippen molar-refractivity contribution in [3.8, 4) is 0 Å². The lowest BCUT2D eigenvalue weighted by Crippen LogP contribution is -2.41. The first kappa shape index (κ1) is 11.9. The molecule has 3 rings (SSSR count). The predicted octanol–water partition coefficient (Wildman–Crippen LogP) is 1.36. The molecule has 3 aliphatic rings. The molecule has 2 saturated heterocycles. The number of hydrogen-bond acceptors (Lipinski definition) is 3. The van der Waals surface area contributed by atoms with Crippen LogP contribution in [-0.2, 0) is 0 Å². The Hall–Kier alpha value is -0.120. The van der Waals surface area contributed by atoms with E-state index in [0.29, 0.717) is 0 Å². The SMILES string of the molecule is OC1CCC(CNC2CCN3CCCC23)CC1. The van der Waals surface area contributed by atoms with Gasteiger partial charge in [0.2, 0.25) is 0 Å². The Kier molecular flexibility index (Phi) is 3.69. The molecule has 0 spiro atoms. The molecule has 0 bridgehead atoms. The number of nitrogens with zero attached hydrogens (tertiary/aromatic N) is 1. The van der Waals surface area contributed by atoms with E-state index in [2.05, 4.69) is 10.2 Å². The van der Waals surface area contributed by atoms with Gasteiger partial charge in [-0.3, -0.25) is 4.90 Å². The molecule has 17 heavy (non-hydrogen) atoms. The van der Waals surface area contributed by atoms with E-state index in [4.69, 9.17) is 0 Å². The summed E-state index contributed by atoms with van der Waals surface area (Å²) in [6.45, 7) is 3.83. The molecule has 2 unspecified atom stereocenters. The second kappa shape index (κ2) is 5.25. The van der Waals surface area contributed by atoms with Gasteiger partial charge in [-0.1, -0.05) is 0 Å². The van der Waals surface area contributed by atoms with Crippen molar-refractivity contribution >= 4 is 0 Å². The van der Waals surface area contributed by atoms with Crippen molar-refractivity contribution in [3.05, 3.63) is 0 Å². The lowest BCUT2D eigenvalue weighted by Gasteiger charge is -2.28. The monoisotopic (exact) mass is 238 g/mol. The molecule has 2 atom stereocenters. The maximum absolute atomic E-state index is 9.50. The van der Waals surface area contributed by atoms with Crippen molar-refractivity contribution in [2.75, 3.05) is 19.6 Å². The fourth-order valence-electron chi connectivity index (χ4n) is 3.99. The molecular formula is C14H26N2O. The topological polar surface area (TPSA) is 35.5 Å². The van der Waals surface area contributed by atoms with Gasteiger partial charge in [-0.15, -0.1) is 0 Å². The quantitative estimate of drug-likeness (QED) is 0.779. The molecule has 1 saturated carbocycles. The maximum Gasteiger partial charge on any atom is 0.0540 e. The lowest BCUT2D eigenvalue weighted by atomic mass is 9.87. The fraction of sp³-hybridized carbons (Fsp3) is 1.00. The van der Waals surface area contributed by atoms with Crippen LogP contribution in [0.1, 0.15) is 44.9 Å². The van der Waals surface area contributed by atoms with Crippen LogP contribution in [0.4, 0.5) is 0 Å². The zero-order valence-electron chi connectivity index (χ0n) is 10.8. The molecule has 2 aliphatic heterocycles. The molecule has 0 aromatic rings. The van der Waals surface area contributed by atoms with Crippen LogP contribution in [0.25, 0.3) is 0 Å². The number of aliphatic hydroxyl groups is 1. The summed E-state index contributed by atoms with van der Waals surface area (Å²) in [4.78, 5) is 2.67. The highest BCUT2D eigenvalue weighted by Crippen LogP contribution is 2.29. The van der Waals surface area contributed by atoms with Crippen molar-refractivity contribution in [2.45, 2.75) is 63.1 Å². The second-order valence-electron chi connectivity index (χ2n) is 6.22. The van der Waals surface area contributed by atoms with Crippen LogP contribution in [0.15, 0.2) is 0 Å². The summed E-state index contributed by atoms with van der Waals surface area (Å²) in [7, 11) is 0. The van der Waals surface area contributed by atoms with E-state index in [9.17, 15) is 5.11 Å². The number of aliphatic hydroxyl groups excluding tert-OH is 1. The third kappa shape index (κ3) is 2.67. The van der Waals surface area contributed by atoms with E-state index in [-0.39, 0.29) is 6.10 Å². The van der Waals surface area contributed by atoms with E-state index in [1.807, 2.05) is 0 Å². The molecule has 3 fully saturated rings. The minimum absolute atomic E-state index is 0.0111. The van der Waals surface area contributed by atoms with Crippen LogP contribution in [0.2, 0.25) is 0 Å². The van der Waals surface area contributed by atoms with Gasteiger partial charge in [0, 0.05) is 18.6 Å². The van der Waals surface area contributed by atoms with Gasteiger partial charge in [-0.05, 0) is 64.0 Å². The Labute approximate surface area is 105 Å². The summed E-state index contributed by atoms with van der Waals surface area (Å²) >= 11 is 0.